The van der Waals surface area contributed by atoms with E-state index in [9.17, 15) is 4.79 Å². The van der Waals surface area contributed by atoms with Gasteiger partial charge in [0.05, 0.1) is 16.7 Å². The van der Waals surface area contributed by atoms with Gasteiger partial charge in [-0.1, -0.05) is 66.7 Å². The van der Waals surface area contributed by atoms with Crippen LogP contribution in [-0.2, 0) is 11.3 Å². The predicted molar refractivity (Wildman–Crippen MR) is 137 cm³/mol. The summed E-state index contributed by atoms with van der Waals surface area (Å²) in [6.45, 7) is 1.34. The van der Waals surface area contributed by atoms with Crippen molar-refractivity contribution in [2.75, 3.05) is 11.4 Å². The lowest BCUT2D eigenvalue weighted by Crippen LogP contribution is -2.25. The SMILES string of the molecule is O=C1CC(c2nc3ccccc3n2Cc2cccc3ccccc23)CN1c1ccccc1Br. The van der Waals surface area contributed by atoms with Crippen LogP contribution in [0.25, 0.3) is 21.8 Å². The summed E-state index contributed by atoms with van der Waals surface area (Å²) in [5.74, 6) is 1.15. The maximum absolute atomic E-state index is 13.0. The lowest BCUT2D eigenvalue weighted by molar-refractivity contribution is -0.117. The van der Waals surface area contributed by atoms with Gasteiger partial charge in [-0.3, -0.25) is 4.79 Å². The molecule has 33 heavy (non-hydrogen) atoms. The Labute approximate surface area is 200 Å². The van der Waals surface area contributed by atoms with Crippen LogP contribution in [0, 0.1) is 0 Å². The first kappa shape index (κ1) is 20.2. The zero-order chi connectivity index (χ0) is 22.4. The van der Waals surface area contributed by atoms with E-state index < -0.39 is 0 Å². The highest BCUT2D eigenvalue weighted by molar-refractivity contribution is 9.10. The minimum Gasteiger partial charge on any atom is -0.323 e. The van der Waals surface area contributed by atoms with Crippen LogP contribution in [0.5, 0.6) is 0 Å². The maximum Gasteiger partial charge on any atom is 0.227 e. The van der Waals surface area contributed by atoms with Crippen molar-refractivity contribution < 1.29 is 4.79 Å². The van der Waals surface area contributed by atoms with Crippen molar-refractivity contribution in [2.24, 2.45) is 0 Å². The number of aromatic nitrogens is 2. The molecule has 2 heterocycles. The monoisotopic (exact) mass is 495 g/mol. The highest BCUT2D eigenvalue weighted by atomic mass is 79.9. The van der Waals surface area contributed by atoms with Gasteiger partial charge in [-0.2, -0.15) is 0 Å². The average Bonchev–Trinajstić information content (AvgIpc) is 3.40. The molecule has 5 heteroatoms. The molecular weight excluding hydrogens is 474 g/mol. The molecule has 1 aliphatic rings. The Balaban J connectivity index is 1.43. The molecule has 1 atom stereocenters. The highest BCUT2D eigenvalue weighted by Gasteiger charge is 2.35. The van der Waals surface area contributed by atoms with Gasteiger partial charge >= 0.3 is 0 Å². The summed E-state index contributed by atoms with van der Waals surface area (Å²) >= 11 is 3.61. The molecule has 6 rings (SSSR count). The molecule has 1 aliphatic heterocycles. The standard InChI is InChI=1S/C28H22BrN3O/c29-23-12-3-5-14-25(23)31-18-21(16-27(31)33)28-30-24-13-4-6-15-26(24)32(28)17-20-10-7-9-19-8-1-2-11-22(19)20/h1-15,21H,16-18H2. The van der Waals surface area contributed by atoms with Crippen molar-refractivity contribution in [3.63, 3.8) is 0 Å². The Morgan fingerprint density at radius 3 is 2.55 bits per heavy atom. The molecule has 0 saturated carbocycles. The Morgan fingerprint density at radius 2 is 1.64 bits per heavy atom. The third-order valence-corrected chi connectivity index (χ3v) is 7.20. The maximum atomic E-state index is 13.0. The number of fused-ring (bicyclic) bond motifs is 2. The van der Waals surface area contributed by atoms with Gasteiger partial charge < -0.3 is 9.47 Å². The number of carbonyl (C=O) groups is 1. The van der Waals surface area contributed by atoms with Gasteiger partial charge in [0.1, 0.15) is 5.82 Å². The fraction of sp³-hybridized carbons (Fsp3) is 0.143. The van der Waals surface area contributed by atoms with Gasteiger partial charge in [-0.05, 0) is 56.5 Å². The average molecular weight is 496 g/mol. The van der Waals surface area contributed by atoms with Crippen LogP contribution in [0.4, 0.5) is 5.69 Å². The van der Waals surface area contributed by atoms with Gasteiger partial charge in [0.2, 0.25) is 5.91 Å². The molecule has 0 bridgehead atoms. The number of hydrogen-bond donors (Lipinski definition) is 0. The Hall–Kier alpha value is -3.44. The first-order valence-corrected chi connectivity index (χ1v) is 11.9. The topological polar surface area (TPSA) is 38.1 Å². The number of benzene rings is 4. The number of anilines is 1. The van der Waals surface area contributed by atoms with E-state index in [1.807, 2.05) is 35.2 Å². The van der Waals surface area contributed by atoms with Crippen LogP contribution in [0.1, 0.15) is 23.7 Å². The number of halogens is 1. The minimum absolute atomic E-state index is 0.0342. The second-order valence-corrected chi connectivity index (χ2v) is 9.39. The van der Waals surface area contributed by atoms with Crippen molar-refractivity contribution in [3.05, 3.63) is 107 Å². The third-order valence-electron chi connectivity index (χ3n) is 6.53. The van der Waals surface area contributed by atoms with E-state index >= 15 is 0 Å². The zero-order valence-corrected chi connectivity index (χ0v) is 19.6. The lowest BCUT2D eigenvalue weighted by atomic mass is 10.0. The Morgan fingerprint density at radius 1 is 0.879 bits per heavy atom. The fourth-order valence-corrected chi connectivity index (χ4v) is 5.46. The first-order chi connectivity index (χ1) is 16.2. The summed E-state index contributed by atoms with van der Waals surface area (Å²) < 4.78 is 3.24. The van der Waals surface area contributed by atoms with Gasteiger partial charge in [0.25, 0.3) is 0 Å². The summed E-state index contributed by atoms with van der Waals surface area (Å²) in [6.07, 6.45) is 0.459. The molecule has 4 aromatic carbocycles. The molecule has 1 fully saturated rings. The fourth-order valence-electron chi connectivity index (χ4n) is 4.96. The van der Waals surface area contributed by atoms with E-state index in [1.165, 1.54) is 16.3 Å². The van der Waals surface area contributed by atoms with E-state index in [-0.39, 0.29) is 11.8 Å². The predicted octanol–water partition coefficient (Wildman–Crippen LogP) is 6.52. The molecule has 5 aromatic rings. The minimum atomic E-state index is 0.0342. The molecule has 1 saturated heterocycles. The number of rotatable bonds is 4. The van der Waals surface area contributed by atoms with Gasteiger partial charge in [-0.25, -0.2) is 4.98 Å². The van der Waals surface area contributed by atoms with Gasteiger partial charge in [0, 0.05) is 29.9 Å². The molecule has 4 nitrogen and oxygen atoms in total. The van der Waals surface area contributed by atoms with Crippen molar-refractivity contribution in [2.45, 2.75) is 18.9 Å². The second-order valence-electron chi connectivity index (χ2n) is 8.54. The van der Waals surface area contributed by atoms with Crippen LogP contribution in [-0.4, -0.2) is 22.0 Å². The Kier molecular flexibility index (Phi) is 4.99. The van der Waals surface area contributed by atoms with Crippen LogP contribution < -0.4 is 4.90 Å². The largest absolute Gasteiger partial charge is 0.323 e. The highest BCUT2D eigenvalue weighted by Crippen LogP contribution is 2.36. The number of hydrogen-bond acceptors (Lipinski definition) is 2. The van der Waals surface area contributed by atoms with Crippen molar-refractivity contribution in [1.29, 1.82) is 0 Å². The summed E-state index contributed by atoms with van der Waals surface area (Å²) in [4.78, 5) is 20.0. The number of nitrogens with zero attached hydrogens (tertiary/aromatic N) is 3. The smallest absolute Gasteiger partial charge is 0.227 e. The molecule has 0 radical (unpaired) electrons. The second kappa shape index (κ2) is 8.16. The van der Waals surface area contributed by atoms with Crippen molar-refractivity contribution >= 4 is 49.3 Å². The Bertz CT molecular complexity index is 1500. The lowest BCUT2D eigenvalue weighted by Gasteiger charge is -2.19. The zero-order valence-electron chi connectivity index (χ0n) is 18.0. The molecule has 0 spiro atoms. The molecular formula is C28H22BrN3O. The molecule has 0 aliphatic carbocycles. The van der Waals surface area contributed by atoms with Crippen LogP contribution in [0.3, 0.4) is 0 Å². The molecule has 1 aromatic heterocycles. The third kappa shape index (κ3) is 3.53. The van der Waals surface area contributed by atoms with E-state index in [0.29, 0.717) is 13.0 Å². The number of imidazole rings is 1. The number of amides is 1. The molecule has 0 N–H and O–H groups in total. The van der Waals surface area contributed by atoms with E-state index in [4.69, 9.17) is 4.98 Å². The molecule has 162 valence electrons. The van der Waals surface area contributed by atoms with Crippen molar-refractivity contribution in [3.8, 4) is 0 Å². The van der Waals surface area contributed by atoms with Crippen LogP contribution >= 0.6 is 15.9 Å². The first-order valence-electron chi connectivity index (χ1n) is 11.2. The summed E-state index contributed by atoms with van der Waals surface area (Å²) in [5, 5.41) is 2.48. The van der Waals surface area contributed by atoms with Crippen molar-refractivity contribution in [1.82, 2.24) is 9.55 Å². The van der Waals surface area contributed by atoms with E-state index in [2.05, 4.69) is 81.2 Å². The van der Waals surface area contributed by atoms with Crippen LogP contribution in [0.2, 0.25) is 0 Å². The summed E-state index contributed by atoms with van der Waals surface area (Å²) in [6, 6.07) is 31.1. The number of para-hydroxylation sites is 3. The summed E-state index contributed by atoms with van der Waals surface area (Å²) in [5.41, 5.74) is 4.25. The quantitative estimate of drug-likeness (QED) is 0.284. The van der Waals surface area contributed by atoms with Gasteiger partial charge in [0.15, 0.2) is 0 Å². The molecule has 1 amide bonds. The number of carbonyl (C=O) groups excluding carboxylic acids is 1. The molecule has 1 unspecified atom stereocenters. The van der Waals surface area contributed by atoms with Crippen LogP contribution in [0.15, 0.2) is 95.5 Å². The van der Waals surface area contributed by atoms with Gasteiger partial charge in [-0.15, -0.1) is 0 Å². The summed E-state index contributed by atoms with van der Waals surface area (Å²) in [7, 11) is 0. The van der Waals surface area contributed by atoms with E-state index in [1.54, 1.807) is 0 Å². The normalized spacial score (nSPS) is 16.2. The van der Waals surface area contributed by atoms with E-state index in [0.717, 1.165) is 33.6 Å².